The Bertz CT molecular complexity index is 1180. The van der Waals surface area contributed by atoms with Gasteiger partial charge in [0.15, 0.2) is 0 Å². The Balaban J connectivity index is 1.83. The Morgan fingerprint density at radius 2 is 1.84 bits per heavy atom. The average Bonchev–Trinajstić information content (AvgIpc) is 3.08. The normalized spacial score (nSPS) is 11.6. The molecule has 0 unspecified atom stereocenters. The van der Waals surface area contributed by atoms with Crippen LogP contribution in [-0.4, -0.2) is 25.5 Å². The lowest BCUT2D eigenvalue weighted by molar-refractivity contribution is -0.138. The zero-order valence-corrected chi connectivity index (χ0v) is 18.0. The number of benzene rings is 1. The van der Waals surface area contributed by atoms with Crippen LogP contribution >= 0.6 is 0 Å². The van der Waals surface area contributed by atoms with Gasteiger partial charge in [0.2, 0.25) is 0 Å². The number of nitrogens with one attached hydrogen (secondary N) is 1. The minimum Gasteiger partial charge on any atom is -0.347 e. The number of hydrogen-bond acceptors (Lipinski definition) is 4. The summed E-state index contributed by atoms with van der Waals surface area (Å²) in [5.74, 6) is -0.661. The molecular formula is C22H24F3N5O2. The molecule has 170 valence electrons. The number of halogens is 3. The smallest absolute Gasteiger partial charge is 0.347 e. The first kappa shape index (κ1) is 23.2. The molecule has 1 amide bonds. The highest BCUT2D eigenvalue weighted by atomic mass is 19.4. The maximum atomic E-state index is 13.7. The third-order valence-electron chi connectivity index (χ3n) is 4.92. The number of rotatable bonds is 7. The van der Waals surface area contributed by atoms with Crippen LogP contribution in [0, 0.1) is 13.8 Å². The maximum Gasteiger partial charge on any atom is 0.416 e. The number of unbranched alkanes of at least 4 members (excludes halogenated alkanes) is 1. The molecule has 10 heteroatoms. The van der Waals surface area contributed by atoms with Crippen molar-refractivity contribution in [2.75, 3.05) is 0 Å². The van der Waals surface area contributed by atoms with E-state index >= 15 is 0 Å². The van der Waals surface area contributed by atoms with E-state index in [0.717, 1.165) is 12.5 Å². The Morgan fingerprint density at radius 3 is 2.47 bits per heavy atom. The minimum atomic E-state index is -4.61. The van der Waals surface area contributed by atoms with Crippen molar-refractivity contribution in [1.82, 2.24) is 24.9 Å². The average molecular weight is 447 g/mol. The molecule has 2 heterocycles. The van der Waals surface area contributed by atoms with E-state index < -0.39 is 17.6 Å². The topological polar surface area (TPSA) is 81.8 Å². The quantitative estimate of drug-likeness (QED) is 0.598. The molecule has 0 spiro atoms. The van der Waals surface area contributed by atoms with Gasteiger partial charge in [-0.25, -0.2) is 9.36 Å². The summed E-state index contributed by atoms with van der Waals surface area (Å²) in [6.45, 7) is 5.50. The first-order chi connectivity index (χ1) is 15.1. The van der Waals surface area contributed by atoms with Crippen LogP contribution in [0.3, 0.4) is 0 Å². The van der Waals surface area contributed by atoms with Gasteiger partial charge in [0.1, 0.15) is 5.69 Å². The predicted octanol–water partition coefficient (Wildman–Crippen LogP) is 3.79. The van der Waals surface area contributed by atoms with Gasteiger partial charge >= 0.3 is 6.18 Å². The number of aromatic nitrogens is 4. The van der Waals surface area contributed by atoms with Crippen molar-refractivity contribution < 1.29 is 18.0 Å². The molecule has 3 rings (SSSR count). The highest BCUT2D eigenvalue weighted by Gasteiger charge is 2.34. The van der Waals surface area contributed by atoms with E-state index in [0.29, 0.717) is 24.4 Å². The van der Waals surface area contributed by atoms with Gasteiger partial charge in [0.25, 0.3) is 11.5 Å². The molecule has 0 saturated heterocycles. The van der Waals surface area contributed by atoms with E-state index in [1.807, 2.05) is 6.92 Å². The minimum absolute atomic E-state index is 0.0338. The van der Waals surface area contributed by atoms with Crippen LogP contribution in [0.2, 0.25) is 0 Å². The van der Waals surface area contributed by atoms with E-state index in [1.165, 1.54) is 33.6 Å². The van der Waals surface area contributed by atoms with Crippen molar-refractivity contribution in [2.24, 2.45) is 0 Å². The van der Waals surface area contributed by atoms with E-state index in [4.69, 9.17) is 0 Å². The molecule has 0 bridgehead atoms. The highest BCUT2D eigenvalue weighted by Crippen LogP contribution is 2.33. The fourth-order valence-electron chi connectivity index (χ4n) is 3.31. The van der Waals surface area contributed by atoms with Crippen molar-refractivity contribution in [3.05, 3.63) is 75.0 Å². The second-order valence-corrected chi connectivity index (χ2v) is 7.49. The molecule has 0 saturated carbocycles. The monoisotopic (exact) mass is 447 g/mol. The third-order valence-corrected chi connectivity index (χ3v) is 4.92. The van der Waals surface area contributed by atoms with Crippen LogP contribution in [0.5, 0.6) is 0 Å². The molecule has 1 N–H and O–H groups in total. The summed E-state index contributed by atoms with van der Waals surface area (Å²) < 4.78 is 43.8. The van der Waals surface area contributed by atoms with Crippen LogP contribution in [0.25, 0.3) is 5.69 Å². The number of nitrogens with zero attached hydrogens (tertiary/aromatic N) is 4. The standard InChI is InChI=1S/C22H24F3N5O2/c1-4-5-10-29-20(31)9-8-19(28-29)21(32)26-13-16-6-7-17(12-18(16)22(23,24)25)30-15(3)11-14(2)27-30/h6-9,11-12H,4-5,10,13H2,1-3H3,(H,26,32). The molecule has 0 fully saturated rings. The largest absolute Gasteiger partial charge is 0.416 e. The lowest BCUT2D eigenvalue weighted by Crippen LogP contribution is -2.30. The molecule has 0 atom stereocenters. The molecule has 0 aliphatic carbocycles. The summed E-state index contributed by atoms with van der Waals surface area (Å²) in [4.78, 5) is 24.3. The van der Waals surface area contributed by atoms with Crippen molar-refractivity contribution in [3.63, 3.8) is 0 Å². The van der Waals surface area contributed by atoms with Gasteiger partial charge in [0, 0.05) is 24.8 Å². The summed E-state index contributed by atoms with van der Waals surface area (Å²) in [5.41, 5.74) is 0.366. The van der Waals surface area contributed by atoms with Gasteiger partial charge in [-0.2, -0.15) is 23.4 Å². The van der Waals surface area contributed by atoms with Crippen LogP contribution in [0.15, 0.2) is 41.2 Å². The Labute approximate surface area is 182 Å². The molecule has 3 aromatic rings. The second-order valence-electron chi connectivity index (χ2n) is 7.49. The van der Waals surface area contributed by atoms with Crippen LogP contribution in [0.4, 0.5) is 13.2 Å². The zero-order chi connectivity index (χ0) is 23.5. The molecule has 0 aliphatic heterocycles. The van der Waals surface area contributed by atoms with Crippen molar-refractivity contribution >= 4 is 5.91 Å². The molecule has 1 aromatic carbocycles. The van der Waals surface area contributed by atoms with Crippen LogP contribution < -0.4 is 10.9 Å². The number of carbonyl (C=O) groups excluding carboxylic acids is 1. The number of carbonyl (C=O) groups is 1. The third kappa shape index (κ3) is 5.24. The van der Waals surface area contributed by atoms with Gasteiger partial charge < -0.3 is 5.32 Å². The molecule has 7 nitrogen and oxygen atoms in total. The number of amides is 1. The van der Waals surface area contributed by atoms with Crippen LogP contribution in [-0.2, 0) is 19.3 Å². The Hall–Kier alpha value is -3.43. The van der Waals surface area contributed by atoms with E-state index in [1.54, 1.807) is 19.9 Å². The summed E-state index contributed by atoms with van der Waals surface area (Å²) in [7, 11) is 0. The summed E-state index contributed by atoms with van der Waals surface area (Å²) >= 11 is 0. The SMILES string of the molecule is CCCCn1nc(C(=O)NCc2ccc(-n3nc(C)cc3C)cc2C(F)(F)F)ccc1=O. The first-order valence-electron chi connectivity index (χ1n) is 10.2. The number of hydrogen-bond donors (Lipinski definition) is 1. The zero-order valence-electron chi connectivity index (χ0n) is 18.0. The molecular weight excluding hydrogens is 423 g/mol. The lowest BCUT2D eigenvalue weighted by atomic mass is 10.1. The van der Waals surface area contributed by atoms with E-state index in [9.17, 15) is 22.8 Å². The molecule has 2 aromatic heterocycles. The highest BCUT2D eigenvalue weighted by molar-refractivity contribution is 5.91. The summed E-state index contributed by atoms with van der Waals surface area (Å²) in [5, 5.41) is 10.7. The molecule has 0 aliphatic rings. The van der Waals surface area contributed by atoms with Gasteiger partial charge in [-0.15, -0.1) is 0 Å². The fourth-order valence-corrected chi connectivity index (χ4v) is 3.31. The Morgan fingerprint density at radius 1 is 1.09 bits per heavy atom. The second kappa shape index (κ2) is 9.37. The van der Waals surface area contributed by atoms with Gasteiger partial charge in [0.05, 0.1) is 16.9 Å². The van der Waals surface area contributed by atoms with Gasteiger partial charge in [-0.3, -0.25) is 9.59 Å². The van der Waals surface area contributed by atoms with E-state index in [-0.39, 0.29) is 29.0 Å². The predicted molar refractivity (Wildman–Crippen MR) is 113 cm³/mol. The first-order valence-corrected chi connectivity index (χ1v) is 10.2. The van der Waals surface area contributed by atoms with Crippen molar-refractivity contribution in [2.45, 2.75) is 52.9 Å². The molecule has 0 radical (unpaired) electrons. The maximum absolute atomic E-state index is 13.7. The fraction of sp³-hybridized carbons (Fsp3) is 0.364. The lowest BCUT2D eigenvalue weighted by Gasteiger charge is -2.16. The summed E-state index contributed by atoms with van der Waals surface area (Å²) in [6.07, 6.45) is -3.05. The van der Waals surface area contributed by atoms with Crippen molar-refractivity contribution in [1.29, 1.82) is 0 Å². The van der Waals surface area contributed by atoms with Crippen molar-refractivity contribution in [3.8, 4) is 5.69 Å². The van der Waals surface area contributed by atoms with Gasteiger partial charge in [-0.1, -0.05) is 19.4 Å². The van der Waals surface area contributed by atoms with Crippen LogP contribution in [0.1, 0.15) is 52.8 Å². The molecule has 32 heavy (non-hydrogen) atoms. The Kier molecular flexibility index (Phi) is 6.81. The summed E-state index contributed by atoms with van der Waals surface area (Å²) in [6, 6.07) is 8.13. The van der Waals surface area contributed by atoms with Gasteiger partial charge in [-0.05, 0) is 50.1 Å². The number of aryl methyl sites for hydroxylation is 3. The number of alkyl halides is 3. The van der Waals surface area contributed by atoms with E-state index in [2.05, 4.69) is 15.5 Å².